The summed E-state index contributed by atoms with van der Waals surface area (Å²) in [6.45, 7) is 3.79. The Morgan fingerprint density at radius 1 is 1.25 bits per heavy atom. The third kappa shape index (κ3) is 3.35. The standard InChI is InChI=1S/C19H22N6O3/c1-3-25-12-14(11-21-25)17-10-15(22-28-17)19(27)24-8-5-13(6-9-24)18(26)16-4-7-20-23(16)2/h4,7,10-13H,3,5-6,8-9H2,1-2H3. The minimum absolute atomic E-state index is 0.0868. The molecule has 1 amide bonds. The number of carbonyl (C=O) groups excluding carboxylic acids is 2. The van der Waals surface area contributed by atoms with Crippen molar-refractivity contribution in [2.75, 3.05) is 13.1 Å². The SMILES string of the molecule is CCn1cc(-c2cc(C(=O)N3CCC(C(=O)c4ccnn4C)CC3)no2)cn1. The van der Waals surface area contributed by atoms with Crippen molar-refractivity contribution < 1.29 is 14.1 Å². The fourth-order valence-electron chi connectivity index (χ4n) is 3.51. The van der Waals surface area contributed by atoms with E-state index in [1.807, 2.05) is 13.1 Å². The van der Waals surface area contributed by atoms with Gasteiger partial charge in [-0.3, -0.25) is 19.0 Å². The molecule has 0 radical (unpaired) electrons. The number of Topliss-reactive ketones (excluding diaryl/α,β-unsaturated/α-hetero) is 1. The van der Waals surface area contributed by atoms with Gasteiger partial charge in [0.25, 0.3) is 5.91 Å². The molecule has 0 unspecified atom stereocenters. The number of hydrogen-bond acceptors (Lipinski definition) is 6. The lowest BCUT2D eigenvalue weighted by atomic mass is 9.91. The van der Waals surface area contributed by atoms with Gasteiger partial charge in [-0.25, -0.2) is 0 Å². The first kappa shape index (κ1) is 18.1. The number of aromatic nitrogens is 5. The Bertz CT molecular complexity index is 993. The van der Waals surface area contributed by atoms with Crippen molar-refractivity contribution in [3.05, 3.63) is 42.1 Å². The van der Waals surface area contributed by atoms with Gasteiger partial charge >= 0.3 is 0 Å². The van der Waals surface area contributed by atoms with Gasteiger partial charge in [-0.05, 0) is 25.8 Å². The van der Waals surface area contributed by atoms with Crippen LogP contribution >= 0.6 is 0 Å². The number of likely N-dealkylation sites (tertiary alicyclic amines) is 1. The summed E-state index contributed by atoms with van der Waals surface area (Å²) < 4.78 is 8.70. The van der Waals surface area contributed by atoms with Crippen molar-refractivity contribution >= 4 is 11.7 Å². The zero-order valence-electron chi connectivity index (χ0n) is 15.9. The van der Waals surface area contributed by atoms with Crippen LogP contribution in [0.2, 0.25) is 0 Å². The smallest absolute Gasteiger partial charge is 0.276 e. The quantitative estimate of drug-likeness (QED) is 0.626. The van der Waals surface area contributed by atoms with E-state index in [0.29, 0.717) is 37.4 Å². The van der Waals surface area contributed by atoms with Crippen LogP contribution in [0.15, 0.2) is 35.2 Å². The van der Waals surface area contributed by atoms with Crippen molar-refractivity contribution in [3.8, 4) is 11.3 Å². The molecule has 0 atom stereocenters. The molecule has 4 rings (SSSR count). The highest BCUT2D eigenvalue weighted by molar-refractivity contribution is 5.97. The van der Waals surface area contributed by atoms with E-state index < -0.39 is 0 Å². The molecule has 0 spiro atoms. The van der Waals surface area contributed by atoms with Crippen LogP contribution in [0.5, 0.6) is 0 Å². The Labute approximate surface area is 161 Å². The molecule has 0 N–H and O–H groups in total. The van der Waals surface area contributed by atoms with Crippen molar-refractivity contribution in [1.29, 1.82) is 0 Å². The van der Waals surface area contributed by atoms with Gasteiger partial charge in [0.2, 0.25) is 0 Å². The largest absolute Gasteiger partial charge is 0.355 e. The number of piperidine rings is 1. The van der Waals surface area contributed by atoms with Crippen LogP contribution in [-0.4, -0.2) is 54.4 Å². The second-order valence-corrected chi connectivity index (χ2v) is 6.93. The Balaban J connectivity index is 1.39. The molecule has 0 bridgehead atoms. The van der Waals surface area contributed by atoms with Gasteiger partial charge in [-0.2, -0.15) is 10.2 Å². The topological polar surface area (TPSA) is 99.1 Å². The number of hydrogen-bond donors (Lipinski definition) is 0. The normalized spacial score (nSPS) is 15.1. The monoisotopic (exact) mass is 382 g/mol. The first-order valence-corrected chi connectivity index (χ1v) is 9.38. The third-order valence-electron chi connectivity index (χ3n) is 5.20. The van der Waals surface area contributed by atoms with E-state index in [1.54, 1.807) is 45.8 Å². The van der Waals surface area contributed by atoms with Crippen LogP contribution in [0.1, 0.15) is 40.7 Å². The van der Waals surface area contributed by atoms with Gasteiger partial charge in [-0.15, -0.1) is 0 Å². The van der Waals surface area contributed by atoms with E-state index in [1.165, 1.54) is 0 Å². The molecule has 0 saturated carbocycles. The van der Waals surface area contributed by atoms with E-state index >= 15 is 0 Å². The highest BCUT2D eigenvalue weighted by atomic mass is 16.5. The minimum atomic E-state index is -0.177. The Kier molecular flexibility index (Phi) is 4.81. The number of amides is 1. The predicted molar refractivity (Wildman–Crippen MR) is 99.6 cm³/mol. The molecule has 1 saturated heterocycles. The lowest BCUT2D eigenvalue weighted by molar-refractivity contribution is 0.0639. The Morgan fingerprint density at radius 3 is 2.68 bits per heavy atom. The molecule has 0 aliphatic carbocycles. The summed E-state index contributed by atoms with van der Waals surface area (Å²) in [6.07, 6.45) is 6.42. The minimum Gasteiger partial charge on any atom is -0.355 e. The van der Waals surface area contributed by atoms with Crippen LogP contribution in [0, 0.1) is 5.92 Å². The molecule has 0 aromatic carbocycles. The van der Waals surface area contributed by atoms with Gasteiger partial charge < -0.3 is 9.42 Å². The van der Waals surface area contributed by atoms with Gasteiger partial charge in [0.05, 0.1) is 11.8 Å². The molecule has 4 heterocycles. The Morgan fingerprint density at radius 2 is 2.04 bits per heavy atom. The van der Waals surface area contributed by atoms with Crippen molar-refractivity contribution in [2.24, 2.45) is 13.0 Å². The van der Waals surface area contributed by atoms with Crippen LogP contribution < -0.4 is 0 Å². The molecule has 9 heteroatoms. The van der Waals surface area contributed by atoms with E-state index in [0.717, 1.165) is 12.1 Å². The average Bonchev–Trinajstić information content (AvgIpc) is 3.47. The lowest BCUT2D eigenvalue weighted by Crippen LogP contribution is -2.40. The summed E-state index contributed by atoms with van der Waals surface area (Å²) in [5.74, 6) is 0.338. The van der Waals surface area contributed by atoms with Crippen molar-refractivity contribution in [2.45, 2.75) is 26.3 Å². The molecule has 3 aromatic rings. The molecule has 3 aromatic heterocycles. The molecular formula is C19H22N6O3. The Hall–Kier alpha value is -3.23. The zero-order chi connectivity index (χ0) is 19.7. The van der Waals surface area contributed by atoms with E-state index in [2.05, 4.69) is 15.4 Å². The number of carbonyl (C=O) groups is 2. The average molecular weight is 382 g/mol. The van der Waals surface area contributed by atoms with E-state index in [4.69, 9.17) is 4.52 Å². The summed E-state index contributed by atoms with van der Waals surface area (Å²) in [4.78, 5) is 27.1. The van der Waals surface area contributed by atoms with Crippen LogP contribution in [0.3, 0.4) is 0 Å². The van der Waals surface area contributed by atoms with Crippen molar-refractivity contribution in [1.82, 2.24) is 29.6 Å². The highest BCUT2D eigenvalue weighted by Crippen LogP contribution is 2.24. The number of ketones is 1. The maximum Gasteiger partial charge on any atom is 0.276 e. The maximum atomic E-state index is 12.7. The van der Waals surface area contributed by atoms with Gasteiger partial charge in [0.15, 0.2) is 17.2 Å². The molecule has 9 nitrogen and oxygen atoms in total. The van der Waals surface area contributed by atoms with Crippen LogP contribution in [0.25, 0.3) is 11.3 Å². The molecule has 1 aliphatic rings. The lowest BCUT2D eigenvalue weighted by Gasteiger charge is -2.30. The first-order chi connectivity index (χ1) is 13.6. The summed E-state index contributed by atoms with van der Waals surface area (Å²) >= 11 is 0. The second kappa shape index (κ2) is 7.41. The predicted octanol–water partition coefficient (Wildman–Crippen LogP) is 2.03. The van der Waals surface area contributed by atoms with E-state index in [-0.39, 0.29) is 23.3 Å². The fraction of sp³-hybridized carbons (Fsp3) is 0.421. The molecular weight excluding hydrogens is 360 g/mol. The van der Waals surface area contributed by atoms with E-state index in [9.17, 15) is 9.59 Å². The third-order valence-corrected chi connectivity index (χ3v) is 5.20. The van der Waals surface area contributed by atoms with Gasteiger partial charge in [-0.1, -0.05) is 5.16 Å². The summed E-state index contributed by atoms with van der Waals surface area (Å²) in [7, 11) is 1.76. The van der Waals surface area contributed by atoms with Crippen molar-refractivity contribution in [3.63, 3.8) is 0 Å². The number of nitrogens with zero attached hydrogens (tertiary/aromatic N) is 6. The molecule has 1 aliphatic heterocycles. The van der Waals surface area contributed by atoms with Gasteiger partial charge in [0, 0.05) is 51.1 Å². The molecule has 1 fully saturated rings. The molecule has 146 valence electrons. The summed E-state index contributed by atoms with van der Waals surface area (Å²) in [5, 5.41) is 12.2. The number of aryl methyl sites for hydroxylation is 2. The highest BCUT2D eigenvalue weighted by Gasteiger charge is 2.30. The fourth-order valence-corrected chi connectivity index (χ4v) is 3.51. The maximum absolute atomic E-state index is 12.7. The zero-order valence-corrected chi connectivity index (χ0v) is 15.9. The summed E-state index contributed by atoms with van der Waals surface area (Å²) in [6, 6.07) is 3.38. The second-order valence-electron chi connectivity index (χ2n) is 6.93. The summed E-state index contributed by atoms with van der Waals surface area (Å²) in [5.41, 5.74) is 1.67. The number of rotatable bonds is 5. The first-order valence-electron chi connectivity index (χ1n) is 9.38. The van der Waals surface area contributed by atoms with Gasteiger partial charge in [0.1, 0.15) is 5.69 Å². The van der Waals surface area contributed by atoms with Crippen LogP contribution in [0.4, 0.5) is 0 Å². The molecule has 28 heavy (non-hydrogen) atoms. The van der Waals surface area contributed by atoms with Crippen LogP contribution in [-0.2, 0) is 13.6 Å².